The molecule has 0 aliphatic heterocycles. The Labute approximate surface area is 78.9 Å². The molecule has 0 radical (unpaired) electrons. The van der Waals surface area contributed by atoms with Gasteiger partial charge in [-0.25, -0.2) is 25.2 Å². The number of hydrogen-bond acceptors (Lipinski definition) is 6. The SMILES string of the molecule is [CH2-]N(CN(CNC[O-])[N+](=O)[O-])[N+](=O)[O-]. The van der Waals surface area contributed by atoms with Crippen LogP contribution in [0.3, 0.4) is 0 Å². The fourth-order valence-corrected chi connectivity index (χ4v) is 0.574. The summed E-state index contributed by atoms with van der Waals surface area (Å²) in [4.78, 5) is 20.3. The first kappa shape index (κ1) is 12.3. The first-order valence-corrected chi connectivity index (χ1v) is 3.39. The molecule has 0 spiro atoms. The van der Waals surface area contributed by atoms with Crippen molar-refractivity contribution in [2.24, 2.45) is 0 Å². The molecule has 0 aliphatic carbocycles. The van der Waals surface area contributed by atoms with Gasteiger partial charge in [0.2, 0.25) is 0 Å². The van der Waals surface area contributed by atoms with Gasteiger partial charge in [-0.2, -0.15) is 7.05 Å². The number of nitro groups is 2. The topological polar surface area (TPSA) is 128 Å². The van der Waals surface area contributed by atoms with Crippen LogP contribution in [-0.4, -0.2) is 40.2 Å². The molecule has 0 rings (SSSR count). The van der Waals surface area contributed by atoms with Crippen LogP contribution in [0.2, 0.25) is 0 Å². The molecule has 10 nitrogen and oxygen atoms in total. The Kier molecular flexibility index (Phi) is 5.17. The van der Waals surface area contributed by atoms with Crippen molar-refractivity contribution in [2.45, 2.75) is 0 Å². The molecule has 0 heterocycles. The van der Waals surface area contributed by atoms with Gasteiger partial charge in [0.05, 0.1) is 0 Å². The van der Waals surface area contributed by atoms with Crippen LogP contribution in [0.25, 0.3) is 0 Å². The average molecular weight is 207 g/mol. The molecule has 0 saturated carbocycles. The Hall–Kier alpha value is -1.68. The van der Waals surface area contributed by atoms with Crippen molar-refractivity contribution in [2.75, 3.05) is 20.1 Å². The van der Waals surface area contributed by atoms with Crippen LogP contribution in [0.5, 0.6) is 0 Å². The second-order valence-corrected chi connectivity index (χ2v) is 2.18. The number of nitrogens with zero attached hydrogens (tertiary/aromatic N) is 4. The van der Waals surface area contributed by atoms with Crippen molar-refractivity contribution >= 4 is 0 Å². The van der Waals surface area contributed by atoms with E-state index in [1.54, 1.807) is 0 Å². The minimum absolute atomic E-state index is 0.287. The van der Waals surface area contributed by atoms with E-state index in [2.05, 4.69) is 12.4 Å². The molecule has 0 unspecified atom stereocenters. The third kappa shape index (κ3) is 4.37. The van der Waals surface area contributed by atoms with E-state index in [1.165, 1.54) is 0 Å². The summed E-state index contributed by atoms with van der Waals surface area (Å²) in [6.45, 7) is -1.71. The molecule has 14 heavy (non-hydrogen) atoms. The lowest BCUT2D eigenvalue weighted by Gasteiger charge is -2.21. The molecule has 0 aromatic carbocycles. The summed E-state index contributed by atoms with van der Waals surface area (Å²) < 4.78 is 0. The van der Waals surface area contributed by atoms with Crippen LogP contribution in [-0.2, 0) is 0 Å². The maximum atomic E-state index is 10.3. The Balaban J connectivity index is 4.08. The lowest BCUT2D eigenvalue weighted by Crippen LogP contribution is -2.46. The number of hydrazine groups is 2. The predicted molar refractivity (Wildman–Crippen MR) is 40.8 cm³/mol. The largest absolute Gasteiger partial charge is 0.843 e. The highest BCUT2D eigenvalue weighted by Crippen LogP contribution is 1.91. The van der Waals surface area contributed by atoms with E-state index in [9.17, 15) is 25.3 Å². The first-order valence-electron chi connectivity index (χ1n) is 3.39. The van der Waals surface area contributed by atoms with E-state index in [1.807, 2.05) is 0 Å². The molecule has 0 aromatic rings. The Bertz CT molecular complexity index is 210. The van der Waals surface area contributed by atoms with Gasteiger partial charge in [-0.15, -0.1) is 0 Å². The van der Waals surface area contributed by atoms with E-state index in [-0.39, 0.29) is 11.7 Å². The van der Waals surface area contributed by atoms with Crippen LogP contribution in [0.15, 0.2) is 0 Å². The number of rotatable bonds is 7. The van der Waals surface area contributed by atoms with Crippen molar-refractivity contribution in [3.63, 3.8) is 0 Å². The van der Waals surface area contributed by atoms with Crippen molar-refractivity contribution in [1.82, 2.24) is 15.3 Å². The molecule has 0 aromatic heterocycles. The average Bonchev–Trinajstić information content (AvgIpc) is 2.10. The second-order valence-electron chi connectivity index (χ2n) is 2.18. The van der Waals surface area contributed by atoms with E-state index in [0.717, 1.165) is 0 Å². The highest BCUT2D eigenvalue weighted by atomic mass is 16.7. The summed E-state index contributed by atoms with van der Waals surface area (Å²) >= 11 is 0. The van der Waals surface area contributed by atoms with E-state index in [0.29, 0.717) is 5.01 Å². The zero-order chi connectivity index (χ0) is 11.1. The summed E-state index contributed by atoms with van der Waals surface area (Å²) in [5, 5.41) is 31.4. The van der Waals surface area contributed by atoms with Crippen LogP contribution in [0.4, 0.5) is 0 Å². The van der Waals surface area contributed by atoms with Crippen LogP contribution in [0.1, 0.15) is 0 Å². The van der Waals surface area contributed by atoms with Gasteiger partial charge >= 0.3 is 0 Å². The zero-order valence-corrected chi connectivity index (χ0v) is 7.16. The number of hydrogen-bond donors (Lipinski definition) is 1. The van der Waals surface area contributed by atoms with Gasteiger partial charge in [0, 0.05) is 0 Å². The maximum absolute atomic E-state index is 10.3. The molecule has 0 bridgehead atoms. The van der Waals surface area contributed by atoms with Crippen LogP contribution >= 0.6 is 0 Å². The minimum atomic E-state index is -0.895. The summed E-state index contributed by atoms with van der Waals surface area (Å²) in [5.41, 5.74) is 0. The molecule has 0 atom stereocenters. The molecule has 1 N–H and O–H groups in total. The van der Waals surface area contributed by atoms with Gasteiger partial charge in [0.25, 0.3) is 0 Å². The third-order valence-corrected chi connectivity index (χ3v) is 1.18. The van der Waals surface area contributed by atoms with Crippen LogP contribution in [0, 0.1) is 27.3 Å². The molecule has 82 valence electrons. The van der Waals surface area contributed by atoms with Crippen molar-refractivity contribution in [3.05, 3.63) is 27.3 Å². The smallest absolute Gasteiger partial charge is 0.174 e. The number of nitrogens with one attached hydrogen (secondary N) is 1. The van der Waals surface area contributed by atoms with Gasteiger partial charge in [-0.05, 0) is 0 Å². The highest BCUT2D eigenvalue weighted by Gasteiger charge is 2.16. The van der Waals surface area contributed by atoms with Gasteiger partial charge in [0.1, 0.15) is 11.7 Å². The Morgan fingerprint density at radius 3 is 2.21 bits per heavy atom. The normalized spacial score (nSPS) is 9.57. The van der Waals surface area contributed by atoms with Gasteiger partial charge < -0.3 is 10.4 Å². The Morgan fingerprint density at radius 1 is 1.29 bits per heavy atom. The highest BCUT2D eigenvalue weighted by molar-refractivity contribution is 4.40. The standard InChI is InChI=1S/C4H9N5O5/c1-6(8(11)12)4-7(9(13)14)2-5-3-10/h5H,1-4H2/q-2. The van der Waals surface area contributed by atoms with Gasteiger partial charge in [-0.3, -0.25) is 0 Å². The van der Waals surface area contributed by atoms with Gasteiger partial charge in [-0.1, -0.05) is 11.7 Å². The summed E-state index contributed by atoms with van der Waals surface area (Å²) in [6.07, 6.45) is 0. The molecule has 0 aliphatic rings. The van der Waals surface area contributed by atoms with Crippen LogP contribution < -0.4 is 10.4 Å². The van der Waals surface area contributed by atoms with Gasteiger partial charge in [0.15, 0.2) is 11.7 Å². The quantitative estimate of drug-likeness (QED) is 0.211. The molecular formula is C4H9N5O5-2. The minimum Gasteiger partial charge on any atom is -0.843 e. The lowest BCUT2D eigenvalue weighted by atomic mass is 10.8. The van der Waals surface area contributed by atoms with Crippen molar-refractivity contribution in [3.8, 4) is 0 Å². The van der Waals surface area contributed by atoms with E-state index in [4.69, 9.17) is 0 Å². The fraction of sp³-hybridized carbons (Fsp3) is 0.750. The second kappa shape index (κ2) is 5.88. The molecule has 0 fully saturated rings. The summed E-state index contributed by atoms with van der Waals surface area (Å²) in [5.74, 6) is 0. The molecule has 0 amide bonds. The predicted octanol–water partition coefficient (Wildman–Crippen LogP) is -2.41. The van der Waals surface area contributed by atoms with Crippen molar-refractivity contribution in [1.29, 1.82) is 0 Å². The van der Waals surface area contributed by atoms with E-state index >= 15 is 0 Å². The van der Waals surface area contributed by atoms with E-state index < -0.39 is 23.5 Å². The van der Waals surface area contributed by atoms with Crippen molar-refractivity contribution < 1.29 is 15.2 Å². The summed E-state index contributed by atoms with van der Waals surface area (Å²) in [7, 11) is 2.95. The third-order valence-electron chi connectivity index (χ3n) is 1.18. The molecule has 10 heteroatoms. The molecular weight excluding hydrogens is 198 g/mol. The monoisotopic (exact) mass is 207 g/mol. The maximum Gasteiger partial charge on any atom is 0.174 e. The molecule has 0 saturated heterocycles. The lowest BCUT2D eigenvalue weighted by molar-refractivity contribution is -0.705. The first-order chi connectivity index (χ1) is 6.49. The fourth-order valence-electron chi connectivity index (χ4n) is 0.574. The zero-order valence-electron chi connectivity index (χ0n) is 7.16. The summed E-state index contributed by atoms with van der Waals surface area (Å²) in [6, 6.07) is 0. The Morgan fingerprint density at radius 2 is 1.86 bits per heavy atom.